The van der Waals surface area contributed by atoms with Gasteiger partial charge in [-0.3, -0.25) is 4.79 Å². The first-order valence-corrected chi connectivity index (χ1v) is 9.85. The molecule has 0 radical (unpaired) electrons. The summed E-state index contributed by atoms with van der Waals surface area (Å²) in [5.74, 6) is -2.40. The van der Waals surface area contributed by atoms with Crippen LogP contribution in [-0.4, -0.2) is 53.9 Å². The maximum absolute atomic E-state index is 12.3. The van der Waals surface area contributed by atoms with E-state index in [1.54, 1.807) is 0 Å². The number of carbonyl (C=O) groups excluding carboxylic acids is 1. The van der Waals surface area contributed by atoms with Gasteiger partial charge >= 0.3 is 5.97 Å². The molecule has 1 atom stereocenters. The van der Waals surface area contributed by atoms with Crippen molar-refractivity contribution in [3.05, 3.63) is 35.9 Å². The molecule has 7 heteroatoms. The minimum absolute atomic E-state index is 0.0781. The van der Waals surface area contributed by atoms with Crippen LogP contribution in [0.15, 0.2) is 30.3 Å². The summed E-state index contributed by atoms with van der Waals surface area (Å²) in [5, 5.41) is 9.31. The molecular formula is C17H23NO5S. The van der Waals surface area contributed by atoms with Crippen molar-refractivity contribution in [3.8, 4) is 0 Å². The summed E-state index contributed by atoms with van der Waals surface area (Å²) in [5.41, 5.74) is -0.242. The summed E-state index contributed by atoms with van der Waals surface area (Å²) in [6.07, 6.45) is 1.99. The number of carboxylic acid groups (broad SMARTS) is 1. The van der Waals surface area contributed by atoms with E-state index in [9.17, 15) is 23.1 Å². The summed E-state index contributed by atoms with van der Waals surface area (Å²) < 4.78 is 24.3. The van der Waals surface area contributed by atoms with E-state index in [1.807, 2.05) is 30.3 Å². The Morgan fingerprint density at radius 3 is 2.54 bits per heavy atom. The Hall–Kier alpha value is -1.89. The predicted octanol–water partition coefficient (Wildman–Crippen LogP) is 1.50. The number of benzene rings is 1. The fourth-order valence-electron chi connectivity index (χ4n) is 3.06. The Morgan fingerprint density at radius 1 is 1.25 bits per heavy atom. The van der Waals surface area contributed by atoms with Gasteiger partial charge in [0.25, 0.3) is 0 Å². The molecule has 1 saturated heterocycles. The Kier molecular flexibility index (Phi) is 5.64. The summed E-state index contributed by atoms with van der Waals surface area (Å²) in [7, 11) is -3.55. The van der Waals surface area contributed by atoms with E-state index in [2.05, 4.69) is 0 Å². The molecule has 1 amide bonds. The lowest BCUT2D eigenvalue weighted by Crippen LogP contribution is -2.52. The Morgan fingerprint density at radius 2 is 1.92 bits per heavy atom. The Balaban J connectivity index is 1.91. The van der Waals surface area contributed by atoms with Crippen molar-refractivity contribution in [1.82, 2.24) is 4.90 Å². The van der Waals surface area contributed by atoms with E-state index in [1.165, 1.54) is 11.8 Å². The van der Waals surface area contributed by atoms with Gasteiger partial charge in [0, 0.05) is 6.54 Å². The molecule has 2 rings (SSSR count). The van der Waals surface area contributed by atoms with Crippen LogP contribution in [0.5, 0.6) is 0 Å². The highest BCUT2D eigenvalue weighted by Gasteiger charge is 2.46. The summed E-state index contributed by atoms with van der Waals surface area (Å²) in [4.78, 5) is 24.9. The lowest BCUT2D eigenvalue weighted by molar-refractivity contribution is -0.154. The van der Waals surface area contributed by atoms with Crippen LogP contribution in [-0.2, 0) is 25.8 Å². The standard InChI is InChI=1S/C17H23NO5S/c1-17(16(20)21)10-6-11-18(17)15(19)13-24(22,23)12-5-9-14-7-3-2-4-8-14/h2-4,7-8H,5-6,9-13H2,1H3,(H,20,21). The van der Waals surface area contributed by atoms with E-state index in [4.69, 9.17) is 0 Å². The third kappa shape index (κ3) is 4.35. The predicted molar refractivity (Wildman–Crippen MR) is 90.4 cm³/mol. The van der Waals surface area contributed by atoms with Crippen molar-refractivity contribution >= 4 is 21.7 Å². The first-order valence-electron chi connectivity index (χ1n) is 8.03. The highest BCUT2D eigenvalue weighted by molar-refractivity contribution is 7.92. The van der Waals surface area contributed by atoms with Crippen LogP contribution in [0.3, 0.4) is 0 Å². The number of likely N-dealkylation sites (tertiary alicyclic amines) is 1. The van der Waals surface area contributed by atoms with Crippen LogP contribution in [0.2, 0.25) is 0 Å². The van der Waals surface area contributed by atoms with Crippen LogP contribution >= 0.6 is 0 Å². The average molecular weight is 353 g/mol. The first-order chi connectivity index (χ1) is 11.2. The van der Waals surface area contributed by atoms with Crippen LogP contribution in [0.4, 0.5) is 0 Å². The maximum atomic E-state index is 12.3. The Labute approximate surface area is 142 Å². The molecule has 132 valence electrons. The number of sulfone groups is 1. The summed E-state index contributed by atoms with van der Waals surface area (Å²) >= 11 is 0. The zero-order chi connectivity index (χ0) is 17.8. The zero-order valence-corrected chi connectivity index (χ0v) is 14.6. The van der Waals surface area contributed by atoms with Gasteiger partial charge in [-0.2, -0.15) is 0 Å². The van der Waals surface area contributed by atoms with E-state index in [0.29, 0.717) is 32.2 Å². The quantitative estimate of drug-likeness (QED) is 0.802. The number of rotatable bonds is 7. The smallest absolute Gasteiger partial charge is 0.329 e. The van der Waals surface area contributed by atoms with Gasteiger partial charge in [0.1, 0.15) is 11.3 Å². The van der Waals surface area contributed by atoms with Gasteiger partial charge in [0.15, 0.2) is 9.84 Å². The Bertz CT molecular complexity index is 701. The van der Waals surface area contributed by atoms with Crippen molar-refractivity contribution in [3.63, 3.8) is 0 Å². The molecule has 1 N–H and O–H groups in total. The number of amides is 1. The fraction of sp³-hybridized carbons (Fsp3) is 0.529. The van der Waals surface area contributed by atoms with Crippen molar-refractivity contribution in [1.29, 1.82) is 0 Å². The second-order valence-electron chi connectivity index (χ2n) is 6.41. The van der Waals surface area contributed by atoms with Crippen molar-refractivity contribution in [2.24, 2.45) is 0 Å². The molecule has 1 aliphatic heterocycles. The number of hydrogen-bond donors (Lipinski definition) is 1. The second-order valence-corrected chi connectivity index (χ2v) is 8.59. The number of carboxylic acids is 1. The normalized spacial score (nSPS) is 21.0. The number of nitrogens with zero attached hydrogens (tertiary/aromatic N) is 1. The molecule has 0 saturated carbocycles. The van der Waals surface area contributed by atoms with Gasteiger partial charge < -0.3 is 10.0 Å². The maximum Gasteiger partial charge on any atom is 0.329 e. The number of hydrogen-bond acceptors (Lipinski definition) is 4. The van der Waals surface area contributed by atoms with E-state index in [0.717, 1.165) is 5.56 Å². The van der Waals surface area contributed by atoms with Gasteiger partial charge in [-0.1, -0.05) is 30.3 Å². The second kappa shape index (κ2) is 7.34. The molecule has 1 aromatic rings. The third-order valence-corrected chi connectivity index (χ3v) is 6.11. The molecule has 0 spiro atoms. The van der Waals surface area contributed by atoms with Crippen molar-refractivity contribution in [2.75, 3.05) is 18.1 Å². The fourth-order valence-corrected chi connectivity index (χ4v) is 4.33. The lowest BCUT2D eigenvalue weighted by atomic mass is 9.99. The number of aryl methyl sites for hydroxylation is 1. The summed E-state index contributed by atoms with van der Waals surface area (Å²) in [6.45, 7) is 1.77. The molecule has 1 fully saturated rings. The molecule has 24 heavy (non-hydrogen) atoms. The minimum atomic E-state index is -3.55. The van der Waals surface area contributed by atoms with E-state index < -0.39 is 33.0 Å². The molecule has 6 nitrogen and oxygen atoms in total. The first kappa shape index (κ1) is 18.4. The molecule has 0 aromatic heterocycles. The highest BCUT2D eigenvalue weighted by Crippen LogP contribution is 2.29. The number of carbonyl (C=O) groups is 2. The molecule has 1 aromatic carbocycles. The van der Waals surface area contributed by atoms with Crippen LogP contribution in [0, 0.1) is 0 Å². The molecular weight excluding hydrogens is 330 g/mol. The molecule has 0 bridgehead atoms. The van der Waals surface area contributed by atoms with E-state index >= 15 is 0 Å². The highest BCUT2D eigenvalue weighted by atomic mass is 32.2. The van der Waals surface area contributed by atoms with Gasteiger partial charge in [-0.05, 0) is 38.2 Å². The largest absolute Gasteiger partial charge is 0.480 e. The van der Waals surface area contributed by atoms with Crippen LogP contribution < -0.4 is 0 Å². The zero-order valence-electron chi connectivity index (χ0n) is 13.8. The van der Waals surface area contributed by atoms with Gasteiger partial charge in [-0.15, -0.1) is 0 Å². The monoisotopic (exact) mass is 353 g/mol. The third-order valence-electron chi connectivity index (χ3n) is 4.51. The van der Waals surface area contributed by atoms with Crippen molar-refractivity contribution < 1.29 is 23.1 Å². The molecule has 1 aliphatic rings. The van der Waals surface area contributed by atoms with Crippen molar-refractivity contribution in [2.45, 2.75) is 38.1 Å². The van der Waals surface area contributed by atoms with Crippen LogP contribution in [0.1, 0.15) is 31.7 Å². The lowest BCUT2D eigenvalue weighted by Gasteiger charge is -2.31. The average Bonchev–Trinajstić information content (AvgIpc) is 2.91. The van der Waals surface area contributed by atoms with Crippen LogP contribution in [0.25, 0.3) is 0 Å². The van der Waals surface area contributed by atoms with E-state index in [-0.39, 0.29) is 5.75 Å². The minimum Gasteiger partial charge on any atom is -0.480 e. The topological polar surface area (TPSA) is 91.8 Å². The molecule has 1 unspecified atom stereocenters. The summed E-state index contributed by atoms with van der Waals surface area (Å²) in [6, 6.07) is 9.55. The van der Waals surface area contributed by atoms with Gasteiger partial charge in [0.2, 0.25) is 5.91 Å². The molecule has 0 aliphatic carbocycles. The number of aliphatic carboxylic acids is 1. The van der Waals surface area contributed by atoms with Gasteiger partial charge in [0.05, 0.1) is 5.75 Å². The molecule has 1 heterocycles. The van der Waals surface area contributed by atoms with Gasteiger partial charge in [-0.25, -0.2) is 13.2 Å². The SMILES string of the molecule is CC1(C(=O)O)CCCN1C(=O)CS(=O)(=O)CCCc1ccccc1.